The normalized spacial score (nSPS) is 30.9. The van der Waals surface area contributed by atoms with Crippen molar-refractivity contribution in [2.24, 2.45) is 5.92 Å². The highest BCUT2D eigenvalue weighted by molar-refractivity contribution is 5.00. The molecule has 0 spiro atoms. The first-order valence-electron chi connectivity index (χ1n) is 8.62. The van der Waals surface area contributed by atoms with Gasteiger partial charge in [0.2, 0.25) is 0 Å². The number of nitrogens with zero attached hydrogens (tertiary/aromatic N) is 2. The van der Waals surface area contributed by atoms with Gasteiger partial charge in [-0.3, -0.25) is 4.68 Å². The van der Waals surface area contributed by atoms with Crippen LogP contribution in [0.4, 0.5) is 0 Å². The Morgan fingerprint density at radius 2 is 2.00 bits per heavy atom. The maximum absolute atomic E-state index is 10.6. The van der Waals surface area contributed by atoms with E-state index >= 15 is 0 Å². The van der Waals surface area contributed by atoms with Crippen LogP contribution in [0.15, 0.2) is 12.3 Å². The van der Waals surface area contributed by atoms with Crippen molar-refractivity contribution in [2.45, 2.75) is 76.5 Å². The number of hydrogen-bond acceptors (Lipinski definition) is 3. The van der Waals surface area contributed by atoms with E-state index in [0.29, 0.717) is 12.6 Å². The zero-order valence-corrected chi connectivity index (χ0v) is 13.2. The molecule has 0 saturated heterocycles. The molecule has 0 unspecified atom stereocenters. The summed E-state index contributed by atoms with van der Waals surface area (Å²) < 4.78 is 2.14. The van der Waals surface area contributed by atoms with Crippen molar-refractivity contribution >= 4 is 0 Å². The van der Waals surface area contributed by atoms with Gasteiger partial charge in [0.15, 0.2) is 0 Å². The summed E-state index contributed by atoms with van der Waals surface area (Å²) in [4.78, 5) is 0. The van der Waals surface area contributed by atoms with Crippen LogP contribution in [0.25, 0.3) is 0 Å². The van der Waals surface area contributed by atoms with Crippen LogP contribution < -0.4 is 5.32 Å². The second-order valence-corrected chi connectivity index (χ2v) is 7.24. The topological polar surface area (TPSA) is 50.1 Å². The van der Waals surface area contributed by atoms with E-state index in [-0.39, 0.29) is 0 Å². The SMILES string of the molecule is CC1CCC(O)(CNCc2ccn(C3CCCC3)n2)CC1. The van der Waals surface area contributed by atoms with E-state index in [2.05, 4.69) is 34.3 Å². The minimum atomic E-state index is -0.499. The van der Waals surface area contributed by atoms with Gasteiger partial charge in [-0.2, -0.15) is 5.10 Å². The molecule has 118 valence electrons. The second-order valence-electron chi connectivity index (χ2n) is 7.24. The number of rotatable bonds is 5. The second kappa shape index (κ2) is 6.49. The molecule has 0 amide bonds. The fourth-order valence-electron chi connectivity index (χ4n) is 3.74. The molecule has 0 aromatic carbocycles. The highest BCUT2D eigenvalue weighted by atomic mass is 16.3. The summed E-state index contributed by atoms with van der Waals surface area (Å²) in [5, 5.41) is 18.6. The molecule has 0 aliphatic heterocycles. The molecule has 2 fully saturated rings. The van der Waals surface area contributed by atoms with Gasteiger partial charge in [0.25, 0.3) is 0 Å². The van der Waals surface area contributed by atoms with Gasteiger partial charge in [0, 0.05) is 19.3 Å². The molecule has 21 heavy (non-hydrogen) atoms. The molecule has 2 aliphatic rings. The van der Waals surface area contributed by atoms with E-state index in [1.807, 2.05) is 0 Å². The molecule has 0 radical (unpaired) electrons. The molecule has 2 aliphatic carbocycles. The van der Waals surface area contributed by atoms with Gasteiger partial charge in [0.05, 0.1) is 17.3 Å². The molecule has 2 saturated carbocycles. The summed E-state index contributed by atoms with van der Waals surface area (Å²) in [6.45, 7) is 3.73. The molecule has 1 aromatic heterocycles. The van der Waals surface area contributed by atoms with Crippen LogP contribution in [0.1, 0.15) is 70.0 Å². The lowest BCUT2D eigenvalue weighted by molar-refractivity contribution is -0.00636. The highest BCUT2D eigenvalue weighted by Crippen LogP contribution is 2.31. The molecule has 1 aromatic rings. The Morgan fingerprint density at radius 1 is 1.29 bits per heavy atom. The highest BCUT2D eigenvalue weighted by Gasteiger charge is 2.31. The van der Waals surface area contributed by atoms with Crippen LogP contribution >= 0.6 is 0 Å². The van der Waals surface area contributed by atoms with Crippen LogP contribution in [0.2, 0.25) is 0 Å². The molecule has 3 rings (SSSR count). The van der Waals surface area contributed by atoms with E-state index < -0.39 is 5.60 Å². The van der Waals surface area contributed by atoms with Crippen molar-refractivity contribution in [2.75, 3.05) is 6.54 Å². The number of nitrogens with one attached hydrogen (secondary N) is 1. The van der Waals surface area contributed by atoms with Gasteiger partial charge >= 0.3 is 0 Å². The predicted octanol–water partition coefficient (Wildman–Crippen LogP) is 3.03. The number of aliphatic hydroxyl groups is 1. The third kappa shape index (κ3) is 3.86. The van der Waals surface area contributed by atoms with Crippen LogP contribution in [0, 0.1) is 5.92 Å². The van der Waals surface area contributed by atoms with Crippen molar-refractivity contribution in [1.82, 2.24) is 15.1 Å². The fourth-order valence-corrected chi connectivity index (χ4v) is 3.74. The van der Waals surface area contributed by atoms with E-state index in [9.17, 15) is 5.11 Å². The maximum Gasteiger partial charge on any atom is 0.0771 e. The Balaban J connectivity index is 1.45. The van der Waals surface area contributed by atoms with E-state index in [1.54, 1.807) is 0 Å². The van der Waals surface area contributed by atoms with Crippen LogP contribution in [-0.4, -0.2) is 27.0 Å². The van der Waals surface area contributed by atoms with Crippen LogP contribution in [0.3, 0.4) is 0 Å². The molecule has 4 nitrogen and oxygen atoms in total. The Kier molecular flexibility index (Phi) is 4.65. The minimum Gasteiger partial charge on any atom is -0.389 e. The fraction of sp³-hybridized carbons (Fsp3) is 0.824. The monoisotopic (exact) mass is 291 g/mol. The van der Waals surface area contributed by atoms with Gasteiger partial charge in [-0.15, -0.1) is 0 Å². The summed E-state index contributed by atoms with van der Waals surface area (Å²) in [5.74, 6) is 0.771. The van der Waals surface area contributed by atoms with Crippen LogP contribution in [0.5, 0.6) is 0 Å². The van der Waals surface area contributed by atoms with Gasteiger partial charge in [-0.1, -0.05) is 19.8 Å². The average molecular weight is 291 g/mol. The van der Waals surface area contributed by atoms with Gasteiger partial charge in [-0.05, 0) is 50.5 Å². The first kappa shape index (κ1) is 15.0. The van der Waals surface area contributed by atoms with Crippen molar-refractivity contribution in [3.05, 3.63) is 18.0 Å². The quantitative estimate of drug-likeness (QED) is 0.876. The summed E-state index contributed by atoms with van der Waals surface area (Å²) in [6, 6.07) is 2.72. The largest absolute Gasteiger partial charge is 0.389 e. The standard InChI is InChI=1S/C17H29N3O/c1-14-6-9-17(21,10-7-14)13-18-12-15-8-11-20(19-15)16-4-2-3-5-16/h8,11,14,16,18,21H,2-7,9-10,12-13H2,1H3. The van der Waals surface area contributed by atoms with Crippen molar-refractivity contribution in [3.63, 3.8) is 0 Å². The zero-order valence-electron chi connectivity index (χ0n) is 13.2. The van der Waals surface area contributed by atoms with Crippen molar-refractivity contribution in [3.8, 4) is 0 Å². The molecule has 0 bridgehead atoms. The Morgan fingerprint density at radius 3 is 2.71 bits per heavy atom. The molecule has 0 atom stereocenters. The van der Waals surface area contributed by atoms with Gasteiger partial charge in [-0.25, -0.2) is 0 Å². The number of aromatic nitrogens is 2. The lowest BCUT2D eigenvalue weighted by Gasteiger charge is -2.35. The first-order chi connectivity index (χ1) is 10.1. The maximum atomic E-state index is 10.6. The van der Waals surface area contributed by atoms with Crippen LogP contribution in [-0.2, 0) is 6.54 Å². The molecular formula is C17H29N3O. The lowest BCUT2D eigenvalue weighted by Crippen LogP contribution is -2.43. The van der Waals surface area contributed by atoms with E-state index in [1.165, 1.54) is 25.7 Å². The summed E-state index contributed by atoms with van der Waals surface area (Å²) in [7, 11) is 0. The Labute approximate surface area is 127 Å². The first-order valence-corrected chi connectivity index (χ1v) is 8.62. The molecular weight excluding hydrogens is 262 g/mol. The van der Waals surface area contributed by atoms with Gasteiger partial charge in [0.1, 0.15) is 0 Å². The number of hydrogen-bond donors (Lipinski definition) is 2. The van der Waals surface area contributed by atoms with Gasteiger partial charge < -0.3 is 10.4 Å². The minimum absolute atomic E-state index is 0.499. The zero-order chi connectivity index (χ0) is 14.7. The smallest absolute Gasteiger partial charge is 0.0771 e. The Bertz CT molecular complexity index is 443. The van der Waals surface area contributed by atoms with E-state index in [4.69, 9.17) is 0 Å². The third-order valence-corrected chi connectivity index (χ3v) is 5.33. The van der Waals surface area contributed by atoms with Crippen molar-refractivity contribution in [1.29, 1.82) is 0 Å². The molecule has 1 heterocycles. The third-order valence-electron chi connectivity index (χ3n) is 5.33. The Hall–Kier alpha value is -0.870. The lowest BCUT2D eigenvalue weighted by atomic mass is 9.79. The van der Waals surface area contributed by atoms with E-state index in [0.717, 1.165) is 43.8 Å². The summed E-state index contributed by atoms with van der Waals surface area (Å²) in [6.07, 6.45) is 11.5. The predicted molar refractivity (Wildman–Crippen MR) is 84.0 cm³/mol. The summed E-state index contributed by atoms with van der Waals surface area (Å²) >= 11 is 0. The molecule has 2 N–H and O–H groups in total. The summed E-state index contributed by atoms with van der Waals surface area (Å²) in [5.41, 5.74) is 0.593. The average Bonchev–Trinajstić information content (AvgIpc) is 3.13. The molecule has 4 heteroatoms. The van der Waals surface area contributed by atoms with Crippen molar-refractivity contribution < 1.29 is 5.11 Å².